The van der Waals surface area contributed by atoms with Crippen LogP contribution in [0.5, 0.6) is 5.75 Å². The van der Waals surface area contributed by atoms with Gasteiger partial charge in [0.2, 0.25) is 11.1 Å². The molecule has 0 unspecified atom stereocenters. The fourth-order valence-corrected chi connectivity index (χ4v) is 4.09. The number of halogens is 1. The van der Waals surface area contributed by atoms with Crippen molar-refractivity contribution in [1.29, 1.82) is 0 Å². The van der Waals surface area contributed by atoms with Crippen molar-refractivity contribution in [2.75, 3.05) is 43.9 Å². The van der Waals surface area contributed by atoms with E-state index in [0.29, 0.717) is 42.8 Å². The summed E-state index contributed by atoms with van der Waals surface area (Å²) in [7, 11) is 1.59. The highest BCUT2D eigenvalue weighted by atomic mass is 32.2. The maximum atomic E-state index is 13.1. The van der Waals surface area contributed by atoms with Crippen molar-refractivity contribution < 1.29 is 13.9 Å². The average molecular weight is 428 g/mol. The molecule has 1 fully saturated rings. The van der Waals surface area contributed by atoms with Crippen molar-refractivity contribution in [3.05, 3.63) is 54.3 Å². The molecule has 1 aromatic heterocycles. The zero-order valence-corrected chi connectivity index (χ0v) is 17.3. The number of hydrogen-bond acceptors (Lipinski definition) is 7. The summed E-state index contributed by atoms with van der Waals surface area (Å²) in [6, 6.07) is 13.9. The van der Waals surface area contributed by atoms with Crippen LogP contribution in [0.3, 0.4) is 0 Å². The van der Waals surface area contributed by atoms with E-state index in [1.165, 1.54) is 23.9 Å². The van der Waals surface area contributed by atoms with Gasteiger partial charge >= 0.3 is 0 Å². The minimum absolute atomic E-state index is 0.0355. The minimum Gasteiger partial charge on any atom is -0.494 e. The molecule has 10 heteroatoms. The van der Waals surface area contributed by atoms with E-state index in [1.54, 1.807) is 23.9 Å². The monoisotopic (exact) mass is 428 g/mol. The lowest BCUT2D eigenvalue weighted by molar-refractivity contribution is -0.128. The number of nitrogens with zero attached hydrogens (tertiary/aromatic N) is 6. The summed E-state index contributed by atoms with van der Waals surface area (Å²) >= 11 is 1.29. The molecule has 8 nitrogen and oxygen atoms in total. The number of ether oxygens (including phenoxy) is 1. The number of anilines is 1. The molecule has 156 valence electrons. The number of aromatic nitrogens is 4. The Labute approximate surface area is 177 Å². The van der Waals surface area contributed by atoms with E-state index in [0.717, 1.165) is 5.69 Å². The van der Waals surface area contributed by atoms with Gasteiger partial charge in [-0.25, -0.2) is 4.39 Å². The molecule has 1 aliphatic heterocycles. The molecule has 0 N–H and O–H groups in total. The van der Waals surface area contributed by atoms with E-state index in [-0.39, 0.29) is 17.5 Å². The Morgan fingerprint density at radius 1 is 1.10 bits per heavy atom. The van der Waals surface area contributed by atoms with Crippen LogP contribution in [0, 0.1) is 5.82 Å². The number of methoxy groups -OCH3 is 1. The topological polar surface area (TPSA) is 76.4 Å². The van der Waals surface area contributed by atoms with Gasteiger partial charge in [0.05, 0.1) is 12.9 Å². The molecule has 0 atom stereocenters. The van der Waals surface area contributed by atoms with Gasteiger partial charge in [0, 0.05) is 31.9 Å². The van der Waals surface area contributed by atoms with Crippen LogP contribution in [-0.2, 0) is 4.79 Å². The first-order chi connectivity index (χ1) is 14.7. The molecule has 0 spiro atoms. The Morgan fingerprint density at radius 3 is 2.57 bits per heavy atom. The van der Waals surface area contributed by atoms with Crippen LogP contribution in [0.2, 0.25) is 0 Å². The summed E-state index contributed by atoms with van der Waals surface area (Å²) < 4.78 is 20.1. The van der Waals surface area contributed by atoms with E-state index in [4.69, 9.17) is 4.74 Å². The Kier molecular flexibility index (Phi) is 6.12. The van der Waals surface area contributed by atoms with Crippen molar-refractivity contribution >= 4 is 23.4 Å². The highest BCUT2D eigenvalue weighted by Gasteiger charge is 2.22. The van der Waals surface area contributed by atoms with Crippen LogP contribution in [0.4, 0.5) is 10.1 Å². The van der Waals surface area contributed by atoms with Crippen molar-refractivity contribution in [2.45, 2.75) is 5.16 Å². The minimum atomic E-state index is -0.250. The summed E-state index contributed by atoms with van der Waals surface area (Å²) in [5, 5.41) is 12.3. The Morgan fingerprint density at radius 2 is 1.83 bits per heavy atom. The van der Waals surface area contributed by atoms with Crippen molar-refractivity contribution in [2.24, 2.45) is 0 Å². The number of para-hydroxylation sites is 2. The number of benzene rings is 2. The van der Waals surface area contributed by atoms with Crippen LogP contribution >= 0.6 is 11.8 Å². The maximum Gasteiger partial charge on any atom is 0.233 e. The molecule has 0 saturated carbocycles. The van der Waals surface area contributed by atoms with E-state index in [9.17, 15) is 9.18 Å². The fourth-order valence-electron chi connectivity index (χ4n) is 3.31. The number of carbonyl (C=O) groups excluding carboxylic acids is 1. The summed E-state index contributed by atoms with van der Waals surface area (Å²) in [4.78, 5) is 16.7. The number of tetrazole rings is 1. The molecule has 1 aliphatic rings. The molecule has 0 bridgehead atoms. The van der Waals surface area contributed by atoms with E-state index in [2.05, 4.69) is 20.4 Å². The van der Waals surface area contributed by atoms with E-state index >= 15 is 0 Å². The van der Waals surface area contributed by atoms with Gasteiger partial charge in [0.25, 0.3) is 0 Å². The number of rotatable bonds is 6. The van der Waals surface area contributed by atoms with Gasteiger partial charge in [-0.15, -0.1) is 5.10 Å². The lowest BCUT2D eigenvalue weighted by Gasteiger charge is -2.36. The number of hydrogen-bond donors (Lipinski definition) is 0. The van der Waals surface area contributed by atoms with Crippen LogP contribution in [0.1, 0.15) is 0 Å². The van der Waals surface area contributed by atoms with Gasteiger partial charge in [0.1, 0.15) is 17.3 Å². The molecule has 2 aromatic carbocycles. The SMILES string of the molecule is COc1ccccc1-n1nnnc1SCC(=O)N1CCN(c2ccc(F)cc2)CC1. The highest BCUT2D eigenvalue weighted by Crippen LogP contribution is 2.26. The molecule has 4 rings (SSSR count). The standard InChI is InChI=1S/C20H21FN6O2S/c1-29-18-5-3-2-4-17(18)27-20(22-23-24-27)30-14-19(28)26-12-10-25(11-13-26)16-8-6-15(21)7-9-16/h2-9H,10-14H2,1H3. The van der Waals surface area contributed by atoms with Gasteiger partial charge in [-0.3, -0.25) is 4.79 Å². The fraction of sp³-hybridized carbons (Fsp3) is 0.300. The second kappa shape index (κ2) is 9.12. The average Bonchev–Trinajstić information content (AvgIpc) is 3.26. The Bertz CT molecular complexity index is 1000. The van der Waals surface area contributed by atoms with Crippen LogP contribution in [-0.4, -0.2) is 70.1 Å². The molecular weight excluding hydrogens is 407 g/mol. The van der Waals surface area contributed by atoms with Crippen LogP contribution in [0.15, 0.2) is 53.7 Å². The van der Waals surface area contributed by atoms with Gasteiger partial charge < -0.3 is 14.5 Å². The van der Waals surface area contributed by atoms with Gasteiger partial charge in [0.15, 0.2) is 0 Å². The molecule has 0 radical (unpaired) electrons. The second-order valence-electron chi connectivity index (χ2n) is 6.68. The molecule has 30 heavy (non-hydrogen) atoms. The second-order valence-corrected chi connectivity index (χ2v) is 7.62. The summed E-state index contributed by atoms with van der Waals surface area (Å²) in [6.07, 6.45) is 0. The normalized spacial score (nSPS) is 14.1. The zero-order valence-electron chi connectivity index (χ0n) is 16.4. The largest absolute Gasteiger partial charge is 0.494 e. The lowest BCUT2D eigenvalue weighted by atomic mass is 10.2. The number of amides is 1. The summed E-state index contributed by atoms with van der Waals surface area (Å²) in [5.41, 5.74) is 1.68. The van der Waals surface area contributed by atoms with Crippen molar-refractivity contribution in [1.82, 2.24) is 25.1 Å². The molecule has 1 saturated heterocycles. The predicted molar refractivity (Wildman–Crippen MR) is 112 cm³/mol. The van der Waals surface area contributed by atoms with E-state index < -0.39 is 0 Å². The highest BCUT2D eigenvalue weighted by molar-refractivity contribution is 7.99. The lowest BCUT2D eigenvalue weighted by Crippen LogP contribution is -2.49. The molecule has 3 aromatic rings. The van der Waals surface area contributed by atoms with Gasteiger partial charge in [-0.1, -0.05) is 23.9 Å². The van der Waals surface area contributed by atoms with E-state index in [1.807, 2.05) is 29.2 Å². The number of thioether (sulfide) groups is 1. The Balaban J connectivity index is 1.34. The first kappa shape index (κ1) is 20.1. The third-order valence-corrected chi connectivity index (χ3v) is 5.81. The zero-order chi connectivity index (χ0) is 20.9. The quantitative estimate of drug-likeness (QED) is 0.558. The number of piperazine rings is 1. The van der Waals surface area contributed by atoms with Crippen molar-refractivity contribution in [3.8, 4) is 11.4 Å². The Hall–Kier alpha value is -3.14. The van der Waals surface area contributed by atoms with Gasteiger partial charge in [-0.05, 0) is 46.8 Å². The molecule has 0 aliphatic carbocycles. The third kappa shape index (κ3) is 4.38. The van der Waals surface area contributed by atoms with Crippen LogP contribution in [0.25, 0.3) is 5.69 Å². The smallest absolute Gasteiger partial charge is 0.233 e. The van der Waals surface area contributed by atoms with Gasteiger partial charge in [-0.2, -0.15) is 4.68 Å². The van der Waals surface area contributed by atoms with Crippen molar-refractivity contribution in [3.63, 3.8) is 0 Å². The van der Waals surface area contributed by atoms with Crippen LogP contribution < -0.4 is 9.64 Å². The first-order valence-electron chi connectivity index (χ1n) is 9.48. The summed E-state index contributed by atoms with van der Waals surface area (Å²) in [6.45, 7) is 2.66. The molecule has 2 heterocycles. The molecular formula is C20H21FN6O2S. The third-order valence-electron chi connectivity index (χ3n) is 4.90. The first-order valence-corrected chi connectivity index (χ1v) is 10.5. The maximum absolute atomic E-state index is 13.1. The molecule has 1 amide bonds. The number of carbonyl (C=O) groups is 1. The predicted octanol–water partition coefficient (Wildman–Crippen LogP) is 2.25. The summed E-state index contributed by atoms with van der Waals surface area (Å²) in [5.74, 6) is 0.676.